The van der Waals surface area contributed by atoms with Crippen LogP contribution in [-0.2, 0) is 4.79 Å². The van der Waals surface area contributed by atoms with Gasteiger partial charge in [-0.15, -0.1) is 0 Å². The van der Waals surface area contributed by atoms with Crippen molar-refractivity contribution in [2.24, 2.45) is 5.92 Å². The number of benzene rings is 1. The van der Waals surface area contributed by atoms with E-state index in [4.69, 9.17) is 14.2 Å². The highest BCUT2D eigenvalue weighted by atomic mass is 16.6. The van der Waals surface area contributed by atoms with Crippen LogP contribution in [0.4, 0.5) is 0 Å². The van der Waals surface area contributed by atoms with Gasteiger partial charge in [0.15, 0.2) is 11.5 Å². The van der Waals surface area contributed by atoms with E-state index >= 15 is 0 Å². The molecule has 0 bridgehead atoms. The Bertz CT molecular complexity index is 535. The Labute approximate surface area is 131 Å². The molecule has 1 aromatic carbocycles. The van der Waals surface area contributed by atoms with Gasteiger partial charge in [-0.1, -0.05) is 13.8 Å². The van der Waals surface area contributed by atoms with Crippen LogP contribution in [0.2, 0.25) is 0 Å². The van der Waals surface area contributed by atoms with Crippen molar-refractivity contribution < 1.29 is 19.0 Å². The molecule has 0 unspecified atom stereocenters. The third-order valence-corrected chi connectivity index (χ3v) is 3.30. The van der Waals surface area contributed by atoms with Crippen LogP contribution >= 0.6 is 0 Å². The van der Waals surface area contributed by atoms with Crippen LogP contribution < -0.4 is 19.5 Å². The Kier molecular flexibility index (Phi) is 5.69. The van der Waals surface area contributed by atoms with E-state index in [1.165, 1.54) is 6.08 Å². The highest BCUT2D eigenvalue weighted by molar-refractivity contribution is 5.91. The molecule has 1 amide bonds. The highest BCUT2D eigenvalue weighted by Gasteiger charge is 2.17. The maximum atomic E-state index is 11.8. The van der Waals surface area contributed by atoms with Crippen LogP contribution in [0, 0.1) is 5.92 Å². The first kappa shape index (κ1) is 16.2. The summed E-state index contributed by atoms with van der Waals surface area (Å²) in [5, 5.41) is 2.86. The van der Waals surface area contributed by atoms with Crippen LogP contribution in [0.3, 0.4) is 0 Å². The lowest BCUT2D eigenvalue weighted by Gasteiger charge is -2.20. The first-order valence-electron chi connectivity index (χ1n) is 7.53. The monoisotopic (exact) mass is 305 g/mol. The van der Waals surface area contributed by atoms with E-state index in [9.17, 15) is 4.79 Å². The zero-order chi connectivity index (χ0) is 15.9. The Balaban J connectivity index is 2.03. The molecule has 0 aliphatic carbocycles. The van der Waals surface area contributed by atoms with Gasteiger partial charge < -0.3 is 19.5 Å². The molecule has 1 heterocycles. The summed E-state index contributed by atoms with van der Waals surface area (Å²) in [6, 6.07) is 3.67. The topological polar surface area (TPSA) is 56.8 Å². The van der Waals surface area contributed by atoms with Crippen molar-refractivity contribution in [1.82, 2.24) is 5.32 Å². The number of nitrogens with one attached hydrogen (secondary N) is 1. The maximum absolute atomic E-state index is 11.8. The van der Waals surface area contributed by atoms with E-state index in [2.05, 4.69) is 19.2 Å². The van der Waals surface area contributed by atoms with Crippen molar-refractivity contribution in [3.05, 3.63) is 23.8 Å². The molecular weight excluding hydrogens is 282 g/mol. The van der Waals surface area contributed by atoms with Gasteiger partial charge in [0, 0.05) is 12.6 Å². The summed E-state index contributed by atoms with van der Waals surface area (Å²) in [5.74, 6) is 2.34. The lowest BCUT2D eigenvalue weighted by atomic mass is 10.1. The predicted octanol–water partition coefficient (Wildman–Crippen LogP) is 2.64. The number of ether oxygens (including phenoxy) is 3. The number of fused-ring (bicyclic) bond motifs is 1. The number of methoxy groups -OCH3 is 1. The molecule has 5 nitrogen and oxygen atoms in total. The fourth-order valence-electron chi connectivity index (χ4n) is 2.10. The molecule has 0 radical (unpaired) electrons. The van der Waals surface area contributed by atoms with E-state index in [0.29, 0.717) is 42.9 Å². The van der Waals surface area contributed by atoms with Crippen LogP contribution in [0.5, 0.6) is 17.2 Å². The third kappa shape index (κ3) is 4.41. The average molecular weight is 305 g/mol. The standard InChI is InChI=1S/C17H23NO4/c1-12(2)6-7-18-16(19)5-4-13-10-14(20-3)17-15(11-13)21-8-9-22-17/h4-5,10-12H,6-9H2,1-3H3,(H,18,19)/b5-4+. The molecule has 0 aromatic heterocycles. The number of hydrogen-bond acceptors (Lipinski definition) is 4. The largest absolute Gasteiger partial charge is 0.493 e. The maximum Gasteiger partial charge on any atom is 0.243 e. The van der Waals surface area contributed by atoms with E-state index in [1.807, 2.05) is 12.1 Å². The zero-order valence-corrected chi connectivity index (χ0v) is 13.3. The summed E-state index contributed by atoms with van der Waals surface area (Å²) in [6.45, 7) is 5.97. The molecule has 1 aliphatic heterocycles. The first-order chi connectivity index (χ1) is 10.6. The molecule has 0 saturated carbocycles. The number of rotatable bonds is 6. The quantitative estimate of drug-likeness (QED) is 0.821. The summed E-state index contributed by atoms with van der Waals surface area (Å²) in [6.07, 6.45) is 4.23. The molecule has 1 aliphatic rings. The molecule has 2 rings (SSSR count). The Morgan fingerprint density at radius 1 is 1.36 bits per heavy atom. The van der Waals surface area contributed by atoms with Gasteiger partial charge in [-0.05, 0) is 36.1 Å². The van der Waals surface area contributed by atoms with Gasteiger partial charge in [-0.25, -0.2) is 0 Å². The van der Waals surface area contributed by atoms with Gasteiger partial charge in [-0.3, -0.25) is 4.79 Å². The summed E-state index contributed by atoms with van der Waals surface area (Å²) in [7, 11) is 1.58. The smallest absolute Gasteiger partial charge is 0.243 e. The summed E-state index contributed by atoms with van der Waals surface area (Å²) in [4.78, 5) is 11.8. The molecule has 22 heavy (non-hydrogen) atoms. The van der Waals surface area contributed by atoms with Crippen molar-refractivity contribution in [1.29, 1.82) is 0 Å². The van der Waals surface area contributed by atoms with E-state index < -0.39 is 0 Å². The number of hydrogen-bond donors (Lipinski definition) is 1. The van der Waals surface area contributed by atoms with Gasteiger partial charge in [0.05, 0.1) is 7.11 Å². The summed E-state index contributed by atoms with van der Waals surface area (Å²) >= 11 is 0. The van der Waals surface area contributed by atoms with Gasteiger partial charge in [0.25, 0.3) is 0 Å². The SMILES string of the molecule is COc1cc(/C=C/C(=O)NCCC(C)C)cc2c1OCCO2. The Hall–Kier alpha value is -2.17. The van der Waals surface area contributed by atoms with Gasteiger partial charge >= 0.3 is 0 Å². The molecule has 0 fully saturated rings. The minimum Gasteiger partial charge on any atom is -0.493 e. The summed E-state index contributed by atoms with van der Waals surface area (Å²) in [5.41, 5.74) is 0.833. The lowest BCUT2D eigenvalue weighted by molar-refractivity contribution is -0.116. The molecule has 1 N–H and O–H groups in total. The highest BCUT2D eigenvalue weighted by Crippen LogP contribution is 2.40. The van der Waals surface area contributed by atoms with Crippen molar-refractivity contribution in [3.63, 3.8) is 0 Å². The fourth-order valence-corrected chi connectivity index (χ4v) is 2.10. The Morgan fingerprint density at radius 3 is 2.86 bits per heavy atom. The normalized spacial score (nSPS) is 13.5. The number of carbonyl (C=O) groups excluding carboxylic acids is 1. The Morgan fingerprint density at radius 2 is 2.14 bits per heavy atom. The predicted molar refractivity (Wildman–Crippen MR) is 85.5 cm³/mol. The van der Waals surface area contributed by atoms with Crippen LogP contribution in [-0.4, -0.2) is 32.8 Å². The molecule has 1 aromatic rings. The number of amides is 1. The molecule has 120 valence electrons. The van der Waals surface area contributed by atoms with E-state index in [-0.39, 0.29) is 5.91 Å². The van der Waals surface area contributed by atoms with E-state index in [0.717, 1.165) is 12.0 Å². The number of carbonyl (C=O) groups is 1. The second kappa shape index (κ2) is 7.73. The van der Waals surface area contributed by atoms with Crippen LogP contribution in [0.15, 0.2) is 18.2 Å². The third-order valence-electron chi connectivity index (χ3n) is 3.30. The zero-order valence-electron chi connectivity index (χ0n) is 13.3. The second-order valence-electron chi connectivity index (χ2n) is 5.55. The average Bonchev–Trinajstić information content (AvgIpc) is 2.51. The van der Waals surface area contributed by atoms with Crippen LogP contribution in [0.1, 0.15) is 25.8 Å². The first-order valence-corrected chi connectivity index (χ1v) is 7.53. The second-order valence-corrected chi connectivity index (χ2v) is 5.55. The minimum atomic E-state index is -0.102. The molecule has 0 atom stereocenters. The van der Waals surface area contributed by atoms with Crippen molar-refractivity contribution in [2.45, 2.75) is 20.3 Å². The molecule has 5 heteroatoms. The molecule has 0 saturated heterocycles. The molecule has 0 spiro atoms. The van der Waals surface area contributed by atoms with Crippen LogP contribution in [0.25, 0.3) is 6.08 Å². The van der Waals surface area contributed by atoms with Gasteiger partial charge in [0.2, 0.25) is 11.7 Å². The summed E-state index contributed by atoms with van der Waals surface area (Å²) < 4.78 is 16.4. The lowest BCUT2D eigenvalue weighted by Crippen LogP contribution is -2.23. The van der Waals surface area contributed by atoms with E-state index in [1.54, 1.807) is 13.2 Å². The van der Waals surface area contributed by atoms with Gasteiger partial charge in [-0.2, -0.15) is 0 Å². The fraction of sp³-hybridized carbons (Fsp3) is 0.471. The van der Waals surface area contributed by atoms with Crippen molar-refractivity contribution >= 4 is 12.0 Å². The van der Waals surface area contributed by atoms with Gasteiger partial charge in [0.1, 0.15) is 13.2 Å². The van der Waals surface area contributed by atoms with Crippen molar-refractivity contribution in [2.75, 3.05) is 26.9 Å². The minimum absolute atomic E-state index is 0.102. The van der Waals surface area contributed by atoms with Crippen molar-refractivity contribution in [3.8, 4) is 17.2 Å². The molecular formula is C17H23NO4.